The van der Waals surface area contributed by atoms with Crippen molar-refractivity contribution in [2.75, 3.05) is 7.05 Å². The van der Waals surface area contributed by atoms with Crippen LogP contribution in [0.4, 0.5) is 4.39 Å². The number of imidazole rings is 1. The number of hydrogen-bond donors (Lipinski definition) is 3. The first-order valence-electron chi connectivity index (χ1n) is 7.93. The van der Waals surface area contributed by atoms with E-state index in [0.29, 0.717) is 28.2 Å². The third-order valence-electron chi connectivity index (χ3n) is 4.12. The van der Waals surface area contributed by atoms with Gasteiger partial charge in [0, 0.05) is 41.9 Å². The minimum atomic E-state index is -0.606. The SMILES string of the molecule is CNC(=O)c1ccc(-c2cnc3ccc(/C(=C/N)C(C)=N)cn23)cc1F. The molecule has 2 heterocycles. The number of amides is 1. The summed E-state index contributed by atoms with van der Waals surface area (Å²) in [5.41, 5.74) is 9.26. The fraction of sp³-hybridized carbons (Fsp3) is 0.105. The molecule has 26 heavy (non-hydrogen) atoms. The minimum absolute atomic E-state index is 0.0152. The Morgan fingerprint density at radius 3 is 2.73 bits per heavy atom. The summed E-state index contributed by atoms with van der Waals surface area (Å²) in [6, 6.07) is 8.06. The molecule has 0 aliphatic rings. The third kappa shape index (κ3) is 2.95. The van der Waals surface area contributed by atoms with E-state index in [4.69, 9.17) is 11.1 Å². The lowest BCUT2D eigenvalue weighted by molar-refractivity contribution is 0.0959. The molecule has 6 nitrogen and oxygen atoms in total. The molecule has 1 aromatic carbocycles. The Bertz CT molecular complexity index is 1050. The molecule has 0 aliphatic heterocycles. The number of nitrogens with zero attached hydrogens (tertiary/aromatic N) is 2. The van der Waals surface area contributed by atoms with Crippen LogP contribution in [0.3, 0.4) is 0 Å². The summed E-state index contributed by atoms with van der Waals surface area (Å²) in [5, 5.41) is 10.2. The first kappa shape index (κ1) is 17.3. The van der Waals surface area contributed by atoms with Crippen LogP contribution in [0.2, 0.25) is 0 Å². The second-order valence-corrected chi connectivity index (χ2v) is 5.77. The van der Waals surface area contributed by atoms with Gasteiger partial charge in [0.1, 0.15) is 11.5 Å². The quantitative estimate of drug-likeness (QED) is 0.631. The zero-order valence-corrected chi connectivity index (χ0v) is 14.4. The molecule has 0 spiro atoms. The maximum Gasteiger partial charge on any atom is 0.253 e. The van der Waals surface area contributed by atoms with Gasteiger partial charge in [0.05, 0.1) is 17.5 Å². The number of nitrogens with one attached hydrogen (secondary N) is 2. The summed E-state index contributed by atoms with van der Waals surface area (Å²) < 4.78 is 16.1. The van der Waals surface area contributed by atoms with E-state index in [2.05, 4.69) is 10.3 Å². The molecular weight excluding hydrogens is 333 g/mol. The maximum atomic E-state index is 14.3. The number of aromatic nitrogens is 2. The van der Waals surface area contributed by atoms with E-state index in [1.165, 1.54) is 25.4 Å². The number of benzene rings is 1. The normalized spacial score (nSPS) is 11.6. The molecule has 0 fully saturated rings. The second kappa shape index (κ2) is 6.79. The van der Waals surface area contributed by atoms with E-state index < -0.39 is 11.7 Å². The van der Waals surface area contributed by atoms with Gasteiger partial charge in [-0.2, -0.15) is 0 Å². The Morgan fingerprint density at radius 2 is 2.12 bits per heavy atom. The lowest BCUT2D eigenvalue weighted by atomic mass is 10.0. The number of fused-ring (bicyclic) bond motifs is 1. The van der Waals surface area contributed by atoms with Gasteiger partial charge in [0.15, 0.2) is 0 Å². The highest BCUT2D eigenvalue weighted by Gasteiger charge is 2.14. The highest BCUT2D eigenvalue weighted by atomic mass is 19.1. The minimum Gasteiger partial charge on any atom is -0.404 e. The zero-order chi connectivity index (χ0) is 18.8. The van der Waals surface area contributed by atoms with Crippen LogP contribution in [0.25, 0.3) is 22.5 Å². The van der Waals surface area contributed by atoms with Gasteiger partial charge < -0.3 is 16.5 Å². The van der Waals surface area contributed by atoms with Gasteiger partial charge in [0.2, 0.25) is 0 Å². The van der Waals surface area contributed by atoms with Crippen LogP contribution in [-0.2, 0) is 0 Å². The van der Waals surface area contributed by atoms with Crippen molar-refractivity contribution in [2.24, 2.45) is 5.73 Å². The summed E-state index contributed by atoms with van der Waals surface area (Å²) >= 11 is 0. The number of carbonyl (C=O) groups excluding carboxylic acids is 1. The first-order chi connectivity index (χ1) is 12.5. The fourth-order valence-electron chi connectivity index (χ4n) is 2.78. The van der Waals surface area contributed by atoms with E-state index in [-0.39, 0.29) is 5.56 Å². The smallest absolute Gasteiger partial charge is 0.253 e. The van der Waals surface area contributed by atoms with E-state index in [1.54, 1.807) is 35.9 Å². The van der Waals surface area contributed by atoms with Crippen molar-refractivity contribution in [1.29, 1.82) is 5.41 Å². The lowest BCUT2D eigenvalue weighted by Gasteiger charge is -2.09. The molecular formula is C19H18FN5O. The van der Waals surface area contributed by atoms with E-state index in [0.717, 1.165) is 5.56 Å². The van der Waals surface area contributed by atoms with Crippen molar-refractivity contribution in [3.63, 3.8) is 0 Å². The fourth-order valence-corrected chi connectivity index (χ4v) is 2.78. The molecule has 0 atom stereocenters. The summed E-state index contributed by atoms with van der Waals surface area (Å²) in [4.78, 5) is 16.0. The van der Waals surface area contributed by atoms with Gasteiger partial charge in [-0.25, -0.2) is 9.37 Å². The maximum absolute atomic E-state index is 14.3. The van der Waals surface area contributed by atoms with Crippen LogP contribution in [-0.4, -0.2) is 28.1 Å². The molecule has 2 aromatic heterocycles. The van der Waals surface area contributed by atoms with E-state index >= 15 is 0 Å². The molecule has 0 unspecified atom stereocenters. The number of carbonyl (C=O) groups is 1. The topological polar surface area (TPSA) is 96.3 Å². The Kier molecular flexibility index (Phi) is 4.53. The molecule has 3 rings (SSSR count). The average Bonchev–Trinajstić information content (AvgIpc) is 3.04. The number of halogens is 1. The molecule has 3 aromatic rings. The van der Waals surface area contributed by atoms with Gasteiger partial charge in [-0.1, -0.05) is 6.07 Å². The summed E-state index contributed by atoms with van der Waals surface area (Å²) in [5.74, 6) is -1.08. The van der Waals surface area contributed by atoms with Crippen LogP contribution in [0.5, 0.6) is 0 Å². The Morgan fingerprint density at radius 1 is 1.35 bits per heavy atom. The molecule has 0 saturated heterocycles. The van der Waals surface area contributed by atoms with Gasteiger partial charge in [-0.15, -0.1) is 0 Å². The van der Waals surface area contributed by atoms with Crippen molar-refractivity contribution >= 4 is 22.8 Å². The van der Waals surface area contributed by atoms with Gasteiger partial charge in [-0.05, 0) is 31.2 Å². The Balaban J connectivity index is 2.13. The molecule has 1 amide bonds. The van der Waals surface area contributed by atoms with Crippen molar-refractivity contribution in [3.8, 4) is 11.3 Å². The monoisotopic (exact) mass is 351 g/mol. The first-order valence-corrected chi connectivity index (χ1v) is 7.93. The van der Waals surface area contributed by atoms with E-state index in [1.807, 2.05) is 6.07 Å². The van der Waals surface area contributed by atoms with Crippen molar-refractivity contribution in [1.82, 2.24) is 14.7 Å². The summed E-state index contributed by atoms with van der Waals surface area (Å²) in [6.45, 7) is 1.66. The van der Waals surface area contributed by atoms with Gasteiger partial charge in [0.25, 0.3) is 5.91 Å². The van der Waals surface area contributed by atoms with Crippen LogP contribution >= 0.6 is 0 Å². The molecule has 0 saturated carbocycles. The molecule has 0 aliphatic carbocycles. The lowest BCUT2D eigenvalue weighted by Crippen LogP contribution is -2.19. The molecule has 7 heteroatoms. The average molecular weight is 351 g/mol. The van der Waals surface area contributed by atoms with E-state index in [9.17, 15) is 9.18 Å². The van der Waals surface area contributed by atoms with Crippen molar-refractivity contribution in [2.45, 2.75) is 6.92 Å². The standard InChI is InChI=1S/C19H18FN5O/c1-11(22)15(8-21)13-4-6-18-24-9-17(25(18)10-13)12-3-5-14(16(20)7-12)19(26)23-2/h3-10,22H,21H2,1-2H3,(H,23,26)/b15-8+,22-11?. The number of hydrogen-bond acceptors (Lipinski definition) is 4. The van der Waals surface area contributed by atoms with Crippen LogP contribution < -0.4 is 11.1 Å². The molecule has 0 bridgehead atoms. The molecule has 132 valence electrons. The molecule has 4 N–H and O–H groups in total. The van der Waals surface area contributed by atoms with Gasteiger partial charge in [-0.3, -0.25) is 9.20 Å². The highest BCUT2D eigenvalue weighted by Crippen LogP contribution is 2.25. The second-order valence-electron chi connectivity index (χ2n) is 5.77. The predicted molar refractivity (Wildman–Crippen MR) is 99.5 cm³/mol. The summed E-state index contributed by atoms with van der Waals surface area (Å²) in [6.07, 6.45) is 4.83. The zero-order valence-electron chi connectivity index (χ0n) is 14.4. The third-order valence-corrected chi connectivity index (χ3v) is 4.12. The number of allylic oxidation sites excluding steroid dienone is 1. The van der Waals surface area contributed by atoms with Gasteiger partial charge >= 0.3 is 0 Å². The Labute approximate surface area is 149 Å². The number of rotatable bonds is 4. The number of pyridine rings is 1. The largest absolute Gasteiger partial charge is 0.404 e. The van der Waals surface area contributed by atoms with Crippen LogP contribution in [0, 0.1) is 11.2 Å². The predicted octanol–water partition coefficient (Wildman–Crippen LogP) is 2.84. The highest BCUT2D eigenvalue weighted by molar-refractivity contribution is 6.20. The summed E-state index contributed by atoms with van der Waals surface area (Å²) in [7, 11) is 1.45. The number of nitrogens with two attached hydrogens (primary N) is 1. The van der Waals surface area contributed by atoms with Crippen molar-refractivity contribution < 1.29 is 9.18 Å². The Hall–Kier alpha value is -3.48. The van der Waals surface area contributed by atoms with Crippen LogP contribution in [0.15, 0.2) is 48.9 Å². The molecule has 0 radical (unpaired) electrons. The van der Waals surface area contributed by atoms with Crippen LogP contribution in [0.1, 0.15) is 22.8 Å². The van der Waals surface area contributed by atoms with Crippen molar-refractivity contribution in [3.05, 3.63) is 65.9 Å².